The van der Waals surface area contributed by atoms with Gasteiger partial charge in [-0.2, -0.15) is 10.1 Å². The Hall–Kier alpha value is -4.11. The molecule has 1 aromatic heterocycles. The molecule has 4 aromatic rings. The zero-order chi connectivity index (χ0) is 24.9. The zero-order valence-electron chi connectivity index (χ0n) is 20.1. The summed E-state index contributed by atoms with van der Waals surface area (Å²) in [4.78, 5) is 18.2. The van der Waals surface area contributed by atoms with Crippen molar-refractivity contribution in [3.8, 4) is 23.0 Å². The first-order valence-corrected chi connectivity index (χ1v) is 11.5. The average molecular weight is 492 g/mol. The van der Waals surface area contributed by atoms with E-state index in [0.29, 0.717) is 39.3 Å². The number of nitrogens with zero attached hydrogens (tertiary/aromatic N) is 3. The topological polar surface area (TPSA) is 82.5 Å². The summed E-state index contributed by atoms with van der Waals surface area (Å²) in [6.07, 6.45) is 1.56. The molecule has 8 nitrogen and oxygen atoms in total. The number of aromatic nitrogens is 1. The minimum Gasteiger partial charge on any atom is -0.497 e. The van der Waals surface area contributed by atoms with Crippen molar-refractivity contribution >= 4 is 38.8 Å². The minimum atomic E-state index is -0.306. The van der Waals surface area contributed by atoms with E-state index in [1.54, 1.807) is 51.8 Å². The first-order chi connectivity index (χ1) is 17.0. The Morgan fingerprint density at radius 2 is 1.60 bits per heavy atom. The van der Waals surface area contributed by atoms with Gasteiger partial charge in [0, 0.05) is 11.1 Å². The summed E-state index contributed by atoms with van der Waals surface area (Å²) < 4.78 is 22.5. The van der Waals surface area contributed by atoms with Crippen LogP contribution in [0.4, 0.5) is 5.13 Å². The lowest BCUT2D eigenvalue weighted by atomic mass is 10.1. The molecule has 0 saturated heterocycles. The van der Waals surface area contributed by atoms with E-state index in [1.165, 1.54) is 23.5 Å². The van der Waals surface area contributed by atoms with Gasteiger partial charge in [0.1, 0.15) is 5.75 Å². The quantitative estimate of drug-likeness (QED) is 0.245. The maximum atomic E-state index is 13.5. The molecule has 0 unspecified atom stereocenters. The lowest BCUT2D eigenvalue weighted by molar-refractivity contribution is 0.0988. The smallest absolute Gasteiger partial charge is 0.280 e. The van der Waals surface area contributed by atoms with E-state index in [1.807, 2.05) is 37.3 Å². The Labute approximate surface area is 207 Å². The molecule has 9 heteroatoms. The van der Waals surface area contributed by atoms with Gasteiger partial charge in [-0.1, -0.05) is 29.0 Å². The third-order valence-corrected chi connectivity index (χ3v) is 6.26. The van der Waals surface area contributed by atoms with Crippen molar-refractivity contribution in [3.05, 3.63) is 71.3 Å². The predicted molar refractivity (Wildman–Crippen MR) is 138 cm³/mol. The van der Waals surface area contributed by atoms with Crippen LogP contribution in [-0.4, -0.2) is 45.5 Å². The van der Waals surface area contributed by atoms with Crippen molar-refractivity contribution in [3.63, 3.8) is 0 Å². The molecular formula is C26H25N3O5S. The minimum absolute atomic E-state index is 0.306. The fourth-order valence-corrected chi connectivity index (χ4v) is 4.37. The molecule has 180 valence electrons. The van der Waals surface area contributed by atoms with E-state index >= 15 is 0 Å². The highest BCUT2D eigenvalue weighted by atomic mass is 32.1. The van der Waals surface area contributed by atoms with E-state index in [0.717, 1.165) is 15.8 Å². The Morgan fingerprint density at radius 3 is 2.20 bits per heavy atom. The normalized spacial score (nSPS) is 11.0. The van der Waals surface area contributed by atoms with Gasteiger partial charge in [0.15, 0.2) is 11.5 Å². The van der Waals surface area contributed by atoms with E-state index in [-0.39, 0.29) is 5.91 Å². The van der Waals surface area contributed by atoms with Crippen LogP contribution >= 0.6 is 11.3 Å². The van der Waals surface area contributed by atoms with E-state index in [4.69, 9.17) is 18.9 Å². The summed E-state index contributed by atoms with van der Waals surface area (Å²) in [7, 11) is 6.23. The highest BCUT2D eigenvalue weighted by Crippen LogP contribution is 2.38. The fourth-order valence-electron chi connectivity index (χ4n) is 3.42. The van der Waals surface area contributed by atoms with Gasteiger partial charge >= 0.3 is 0 Å². The van der Waals surface area contributed by atoms with Crippen molar-refractivity contribution in [2.45, 2.75) is 6.92 Å². The molecule has 0 aliphatic carbocycles. The molecule has 0 aliphatic rings. The average Bonchev–Trinajstić information content (AvgIpc) is 3.31. The molecule has 1 heterocycles. The van der Waals surface area contributed by atoms with Crippen molar-refractivity contribution in [1.29, 1.82) is 0 Å². The van der Waals surface area contributed by atoms with Crippen LogP contribution < -0.4 is 24.0 Å². The standard InChI is InChI=1S/C26H25N3O5S/c1-16-6-8-18(9-7-16)25(30)29(26-28-20-11-10-19(31-2)14-23(20)35-26)27-15-17-12-21(32-3)24(34-5)22(13-17)33-4/h6-15H,1-5H3/b27-15+. The predicted octanol–water partition coefficient (Wildman–Crippen LogP) is 5.32. The van der Waals surface area contributed by atoms with Crippen molar-refractivity contribution in [2.75, 3.05) is 33.4 Å². The SMILES string of the molecule is COc1ccc2nc(N(/N=C/c3cc(OC)c(OC)c(OC)c3)C(=O)c3ccc(C)cc3)sc2c1. The molecule has 0 aliphatic heterocycles. The molecule has 4 rings (SSSR count). The number of fused-ring (bicyclic) bond motifs is 1. The molecule has 0 spiro atoms. The molecule has 35 heavy (non-hydrogen) atoms. The van der Waals surface area contributed by atoms with Crippen molar-refractivity contribution < 1.29 is 23.7 Å². The second-order valence-electron chi connectivity index (χ2n) is 7.52. The van der Waals surface area contributed by atoms with Gasteiger partial charge < -0.3 is 18.9 Å². The number of hydrogen-bond donors (Lipinski definition) is 0. The third-order valence-electron chi connectivity index (χ3n) is 5.27. The summed E-state index contributed by atoms with van der Waals surface area (Å²) in [5.74, 6) is 1.85. The van der Waals surface area contributed by atoms with Gasteiger partial charge in [-0.25, -0.2) is 4.98 Å². The number of hydrogen-bond acceptors (Lipinski definition) is 8. The van der Waals surface area contributed by atoms with Crippen molar-refractivity contribution in [2.24, 2.45) is 5.10 Å². The van der Waals surface area contributed by atoms with Crippen molar-refractivity contribution in [1.82, 2.24) is 4.98 Å². The van der Waals surface area contributed by atoms with Crippen LogP contribution in [0.1, 0.15) is 21.5 Å². The van der Waals surface area contributed by atoms with Gasteiger partial charge in [-0.3, -0.25) is 4.79 Å². The van der Waals surface area contributed by atoms with Crippen LogP contribution in [-0.2, 0) is 0 Å². The molecule has 0 bridgehead atoms. The number of ether oxygens (including phenoxy) is 4. The Balaban J connectivity index is 1.78. The largest absolute Gasteiger partial charge is 0.497 e. The number of rotatable bonds is 8. The van der Waals surface area contributed by atoms with Crippen LogP contribution in [0.2, 0.25) is 0 Å². The number of thiazole rings is 1. The summed E-state index contributed by atoms with van der Waals surface area (Å²) in [6, 6.07) is 16.4. The number of carbonyl (C=O) groups excluding carboxylic acids is 1. The van der Waals surface area contributed by atoms with Gasteiger partial charge in [-0.05, 0) is 49.4 Å². The zero-order valence-corrected chi connectivity index (χ0v) is 20.9. The highest BCUT2D eigenvalue weighted by molar-refractivity contribution is 7.22. The number of carbonyl (C=O) groups is 1. The molecule has 1 amide bonds. The number of methoxy groups -OCH3 is 4. The van der Waals surface area contributed by atoms with Gasteiger partial charge in [0.25, 0.3) is 5.91 Å². The summed E-state index contributed by atoms with van der Waals surface area (Å²) >= 11 is 1.35. The number of hydrazone groups is 1. The Bertz CT molecular complexity index is 1360. The molecule has 0 atom stereocenters. The van der Waals surface area contributed by atoms with Crippen LogP contribution in [0.25, 0.3) is 10.2 Å². The number of anilines is 1. The lowest BCUT2D eigenvalue weighted by Crippen LogP contribution is -2.25. The fraction of sp³-hybridized carbons (Fsp3) is 0.192. The maximum Gasteiger partial charge on any atom is 0.280 e. The van der Waals surface area contributed by atoms with Crippen LogP contribution in [0.5, 0.6) is 23.0 Å². The lowest BCUT2D eigenvalue weighted by Gasteiger charge is -2.15. The number of benzene rings is 3. The van der Waals surface area contributed by atoms with E-state index < -0.39 is 0 Å². The van der Waals surface area contributed by atoms with E-state index in [9.17, 15) is 4.79 Å². The maximum absolute atomic E-state index is 13.5. The van der Waals surface area contributed by atoms with Gasteiger partial charge in [0.2, 0.25) is 10.9 Å². The first-order valence-electron chi connectivity index (χ1n) is 10.7. The molecule has 0 saturated carbocycles. The number of amides is 1. The molecule has 0 radical (unpaired) electrons. The first kappa shape index (κ1) is 24.0. The van der Waals surface area contributed by atoms with Crippen LogP contribution in [0, 0.1) is 6.92 Å². The second kappa shape index (κ2) is 10.4. The Kier molecular flexibility index (Phi) is 7.17. The van der Waals surface area contributed by atoms with Gasteiger partial charge in [0.05, 0.1) is 44.9 Å². The van der Waals surface area contributed by atoms with E-state index in [2.05, 4.69) is 10.1 Å². The summed E-state index contributed by atoms with van der Waals surface area (Å²) in [6.45, 7) is 1.97. The Morgan fingerprint density at radius 1 is 0.914 bits per heavy atom. The van der Waals surface area contributed by atoms with Gasteiger partial charge in [-0.15, -0.1) is 0 Å². The monoisotopic (exact) mass is 491 g/mol. The third kappa shape index (κ3) is 5.04. The molecule has 3 aromatic carbocycles. The van der Waals surface area contributed by atoms with Crippen LogP contribution in [0.3, 0.4) is 0 Å². The summed E-state index contributed by atoms with van der Waals surface area (Å²) in [5.41, 5.74) is 2.95. The number of aryl methyl sites for hydroxylation is 1. The molecule has 0 fully saturated rings. The van der Waals surface area contributed by atoms with Crippen LogP contribution in [0.15, 0.2) is 59.7 Å². The second-order valence-corrected chi connectivity index (χ2v) is 8.53. The highest BCUT2D eigenvalue weighted by Gasteiger charge is 2.21. The summed E-state index contributed by atoms with van der Waals surface area (Å²) in [5, 5.41) is 6.26. The molecular weight excluding hydrogens is 466 g/mol. The molecule has 0 N–H and O–H groups in total.